The third kappa shape index (κ3) is 5.98. The number of carbonyl (C=O) groups excluding carboxylic acids is 3. The van der Waals surface area contributed by atoms with E-state index in [1.54, 1.807) is 7.11 Å². The molecule has 1 amide bonds. The minimum Gasteiger partial charge on any atom is -0.496 e. The highest BCUT2D eigenvalue weighted by Crippen LogP contribution is 2.68. The molecule has 3 aromatic rings. The van der Waals surface area contributed by atoms with Crippen molar-refractivity contribution in [2.75, 3.05) is 65.4 Å². The smallest absolute Gasteiger partial charge is 0.322 e. The van der Waals surface area contributed by atoms with Crippen molar-refractivity contribution < 1.29 is 33.7 Å². The van der Waals surface area contributed by atoms with Crippen LogP contribution in [0.15, 0.2) is 60.2 Å². The lowest BCUT2D eigenvalue weighted by Crippen LogP contribution is -2.79. The summed E-state index contributed by atoms with van der Waals surface area (Å²) in [5.74, 6) is -0.523. The maximum Gasteiger partial charge on any atom is 0.322 e. The Morgan fingerprint density at radius 2 is 1.85 bits per heavy atom. The summed E-state index contributed by atoms with van der Waals surface area (Å²) in [5, 5.41) is 18.0. The number of H-pyrrole nitrogens is 1. The Labute approximate surface area is 366 Å². The topological polar surface area (TPSA) is 137 Å². The van der Waals surface area contributed by atoms with Crippen LogP contribution in [0.4, 0.5) is 5.69 Å². The van der Waals surface area contributed by atoms with Gasteiger partial charge in [0.05, 0.1) is 20.3 Å². The minimum absolute atomic E-state index is 0.0465. The summed E-state index contributed by atoms with van der Waals surface area (Å²) in [6, 6.07) is 11.9. The van der Waals surface area contributed by atoms with Crippen LogP contribution < -0.4 is 15.0 Å². The second-order valence-electron chi connectivity index (χ2n) is 19.4. The molecule has 12 nitrogen and oxygen atoms in total. The zero-order chi connectivity index (χ0) is 43.9. The van der Waals surface area contributed by atoms with Gasteiger partial charge in [-0.05, 0) is 74.2 Å². The summed E-state index contributed by atoms with van der Waals surface area (Å²) in [7, 11) is 5.19. The number of ether oxygens (including phenoxy) is 3. The van der Waals surface area contributed by atoms with E-state index in [0.29, 0.717) is 18.6 Å². The van der Waals surface area contributed by atoms with E-state index in [0.717, 1.165) is 91.0 Å². The van der Waals surface area contributed by atoms with E-state index >= 15 is 4.79 Å². The van der Waals surface area contributed by atoms with E-state index in [1.165, 1.54) is 19.6 Å². The molecule has 2 bridgehead atoms. The lowest BCUT2D eigenvalue weighted by atomic mass is 9.47. The highest BCUT2D eigenvalue weighted by molar-refractivity contribution is 5.94. The first-order chi connectivity index (χ1) is 29.7. The van der Waals surface area contributed by atoms with Crippen LogP contribution in [0.1, 0.15) is 89.1 Å². The second kappa shape index (κ2) is 15.6. The fourth-order valence-corrected chi connectivity index (χ4v) is 13.7. The first kappa shape index (κ1) is 42.6. The minimum atomic E-state index is -1.61. The van der Waals surface area contributed by atoms with Gasteiger partial charge in [-0.2, -0.15) is 0 Å². The molecule has 5 aliphatic heterocycles. The predicted molar refractivity (Wildman–Crippen MR) is 239 cm³/mol. The molecule has 1 unspecified atom stereocenters. The van der Waals surface area contributed by atoms with E-state index in [-0.39, 0.29) is 42.7 Å². The average Bonchev–Trinajstić information content (AvgIpc) is 3.93. The van der Waals surface area contributed by atoms with Crippen molar-refractivity contribution in [2.45, 2.75) is 108 Å². The molecule has 6 aliphatic rings. The number of aromatic amines is 1. The molecule has 332 valence electrons. The molecular formula is C50H65N5O7. The zero-order valence-corrected chi connectivity index (χ0v) is 37.8. The molecule has 1 saturated heterocycles. The van der Waals surface area contributed by atoms with Gasteiger partial charge < -0.3 is 34.5 Å². The molecule has 1 aliphatic carbocycles. The largest absolute Gasteiger partial charge is 0.496 e. The fraction of sp³-hybridized carbons (Fsp3) is 0.580. The number of rotatable bonds is 10. The molecule has 9 atom stereocenters. The van der Waals surface area contributed by atoms with Crippen LogP contribution in [0, 0.1) is 17.3 Å². The monoisotopic (exact) mass is 847 g/mol. The van der Waals surface area contributed by atoms with Crippen LogP contribution in [-0.2, 0) is 41.1 Å². The Hall–Kier alpha value is -4.65. The summed E-state index contributed by atoms with van der Waals surface area (Å²) < 4.78 is 18.9. The number of aromatic nitrogens is 1. The number of likely N-dealkylation sites (N-methyl/N-ethyl adjacent to an activating group) is 1. The molecule has 0 radical (unpaired) electrons. The fourth-order valence-electron chi connectivity index (χ4n) is 13.7. The van der Waals surface area contributed by atoms with Crippen molar-refractivity contribution >= 4 is 34.4 Å². The number of amides is 1. The number of nitrogens with one attached hydrogen (secondary N) is 2. The van der Waals surface area contributed by atoms with Crippen LogP contribution in [0.5, 0.6) is 5.75 Å². The summed E-state index contributed by atoms with van der Waals surface area (Å²) in [5.41, 5.74) is 2.63. The number of benzene rings is 2. The van der Waals surface area contributed by atoms with Gasteiger partial charge in [0.15, 0.2) is 0 Å². The van der Waals surface area contributed by atoms with E-state index in [2.05, 4.69) is 87.4 Å². The van der Waals surface area contributed by atoms with Crippen molar-refractivity contribution in [1.29, 1.82) is 0 Å². The van der Waals surface area contributed by atoms with Crippen LogP contribution >= 0.6 is 0 Å². The number of hydrogen-bond donors (Lipinski definition) is 3. The molecule has 1 saturated carbocycles. The number of carbonyl (C=O) groups is 3. The van der Waals surface area contributed by atoms with E-state index < -0.39 is 40.0 Å². The molecule has 9 rings (SSSR count). The third-order valence-corrected chi connectivity index (χ3v) is 16.0. The van der Waals surface area contributed by atoms with Crippen LogP contribution in [0.25, 0.3) is 10.9 Å². The molecule has 1 spiro atoms. The number of methoxy groups -OCH3 is 2. The first-order valence-corrected chi connectivity index (χ1v) is 22.9. The Morgan fingerprint density at radius 1 is 1.06 bits per heavy atom. The summed E-state index contributed by atoms with van der Waals surface area (Å²) in [6.07, 6.45) is 9.52. The Balaban J connectivity index is 1.33. The van der Waals surface area contributed by atoms with E-state index in [4.69, 9.17) is 14.2 Å². The van der Waals surface area contributed by atoms with Gasteiger partial charge in [0, 0.05) is 103 Å². The lowest BCUT2D eigenvalue weighted by Gasteiger charge is -2.65. The number of nitrogens with zero attached hydrogens (tertiary/aromatic N) is 3. The van der Waals surface area contributed by atoms with Gasteiger partial charge in [-0.15, -0.1) is 0 Å². The molecule has 2 aromatic carbocycles. The number of aliphatic hydroxyl groups is 1. The van der Waals surface area contributed by atoms with E-state index in [9.17, 15) is 14.7 Å². The number of fused-ring (bicyclic) bond motifs is 6. The lowest BCUT2D eigenvalue weighted by molar-refractivity contribution is -0.220. The van der Waals surface area contributed by atoms with Gasteiger partial charge in [-0.3, -0.25) is 24.2 Å². The molecule has 1 aromatic heterocycles. The molecule has 3 N–H and O–H groups in total. The van der Waals surface area contributed by atoms with Crippen molar-refractivity contribution in [2.24, 2.45) is 17.3 Å². The number of anilines is 1. The van der Waals surface area contributed by atoms with Crippen molar-refractivity contribution in [3.8, 4) is 5.75 Å². The summed E-state index contributed by atoms with van der Waals surface area (Å²) in [6.45, 7) is 13.8. The second-order valence-corrected chi connectivity index (χ2v) is 19.4. The van der Waals surface area contributed by atoms with Gasteiger partial charge in [0.25, 0.3) is 0 Å². The van der Waals surface area contributed by atoms with Crippen molar-refractivity contribution in [1.82, 2.24) is 20.1 Å². The number of hydrogen-bond acceptors (Lipinski definition) is 10. The predicted octanol–water partition coefficient (Wildman–Crippen LogP) is 5.79. The molecule has 2 fully saturated rings. The maximum absolute atomic E-state index is 15.4. The number of esters is 2. The Kier molecular flexibility index (Phi) is 10.7. The van der Waals surface area contributed by atoms with Gasteiger partial charge in [-0.1, -0.05) is 69.7 Å². The first-order valence-electron chi connectivity index (χ1n) is 22.9. The van der Waals surface area contributed by atoms with Gasteiger partial charge in [0.2, 0.25) is 5.91 Å². The Morgan fingerprint density at radius 3 is 2.56 bits per heavy atom. The van der Waals surface area contributed by atoms with Gasteiger partial charge >= 0.3 is 11.9 Å². The quantitative estimate of drug-likeness (QED) is 0.170. The van der Waals surface area contributed by atoms with Gasteiger partial charge in [0.1, 0.15) is 22.9 Å². The van der Waals surface area contributed by atoms with Crippen molar-refractivity contribution in [3.63, 3.8) is 0 Å². The van der Waals surface area contributed by atoms with Crippen molar-refractivity contribution in [3.05, 3.63) is 82.6 Å². The van der Waals surface area contributed by atoms with E-state index in [1.807, 2.05) is 27.0 Å². The normalized spacial score (nSPS) is 33.4. The summed E-state index contributed by atoms with van der Waals surface area (Å²) in [4.78, 5) is 52.7. The SMILES string of the molecule is CCC1=C[C@H]2CN(CCc3c([nH]c4ccccc34)[C@@](C(=O)OC)(c3cc4c(cc3OC)N(C)[C@H]3[C@@](O)(CCNC(=O)C(C)C)[C@H](OC(C)=O)[C@]5(CC)C=CCN6CC[C@]43[C@@H]65)C2)C1. The maximum atomic E-state index is 15.4. The Bertz CT molecular complexity index is 2350. The van der Waals surface area contributed by atoms with Gasteiger partial charge in [-0.25, -0.2) is 0 Å². The average molecular weight is 848 g/mol. The van der Waals surface area contributed by atoms with Crippen LogP contribution in [0.3, 0.4) is 0 Å². The van der Waals surface area contributed by atoms with Crippen LogP contribution in [0.2, 0.25) is 0 Å². The molecular weight excluding hydrogens is 783 g/mol. The molecule has 12 heteroatoms. The standard InChI is InChI=1S/C50H65N5O7/c1-9-32-24-33-27-49(46(58)61-8,41-35(16-22-54(28-32)29-33)34-14-11-12-15-38(34)52-41)37-25-36-39(26-40(37)60-7)53(6)44-48(36)19-23-55-21-13-17-47(10-2,43(48)55)45(62-31(5)56)50(44,59)18-20-51-42(57)30(3)4/h11-15,17,24-26,30,33,43-45,52,59H,9-10,16,18-23,27-29H2,1-8H3,(H,51,57)/t33-,43+,44-,45-,47-,48-,49+,50+/m1/s1. The highest BCUT2D eigenvalue weighted by atomic mass is 16.6. The zero-order valence-electron chi connectivity index (χ0n) is 37.8. The molecule has 6 heterocycles. The number of para-hydroxylation sites is 1. The molecule has 62 heavy (non-hydrogen) atoms. The third-order valence-electron chi connectivity index (χ3n) is 16.0. The van der Waals surface area contributed by atoms with Crippen LogP contribution in [-0.4, -0.2) is 122 Å². The highest BCUT2D eigenvalue weighted by Gasteiger charge is 2.77. The summed E-state index contributed by atoms with van der Waals surface area (Å²) >= 11 is 0.